The Morgan fingerprint density at radius 2 is 1.75 bits per heavy atom. The molecule has 2 N–H and O–H groups in total. The number of aryl methyl sites for hydroxylation is 3. The van der Waals surface area contributed by atoms with Crippen LogP contribution in [0.2, 0.25) is 5.02 Å². The highest BCUT2D eigenvalue weighted by Gasteiger charge is 2.50. The SMILES string of the molecule is COc1nc(-c2cccc(-c3cccc(Nc4nc(C)nc5c4c(=O)n(C)c(=O)n5C)c3Cl)c2C)cc2c1C(N1CC3(CNC(=O)CO3)C1)CC2. The molecule has 2 aromatic carbocycles. The number of hydrogen-bond acceptors (Lipinski definition) is 10. The number of amides is 1. The third-order valence-electron chi connectivity index (χ3n) is 10.4. The van der Waals surface area contributed by atoms with Gasteiger partial charge in [0.2, 0.25) is 11.8 Å². The van der Waals surface area contributed by atoms with Crippen LogP contribution in [0.25, 0.3) is 33.4 Å². The van der Waals surface area contributed by atoms with E-state index in [0.717, 1.165) is 64.0 Å². The Labute approximate surface area is 298 Å². The number of halogens is 1. The number of aromatic nitrogens is 5. The molecule has 0 radical (unpaired) electrons. The van der Waals surface area contributed by atoms with E-state index in [1.54, 1.807) is 21.1 Å². The average molecular weight is 709 g/mol. The minimum atomic E-state index is -0.503. The summed E-state index contributed by atoms with van der Waals surface area (Å²) in [6.07, 6.45) is 1.86. The van der Waals surface area contributed by atoms with Gasteiger partial charge < -0.3 is 20.1 Å². The van der Waals surface area contributed by atoms with E-state index in [1.165, 1.54) is 17.2 Å². The first-order valence-corrected chi connectivity index (χ1v) is 17.2. The summed E-state index contributed by atoms with van der Waals surface area (Å²) in [6.45, 7) is 5.91. The van der Waals surface area contributed by atoms with E-state index < -0.39 is 11.2 Å². The molecule has 5 heterocycles. The fourth-order valence-corrected chi connectivity index (χ4v) is 8.04. The highest BCUT2D eigenvalue weighted by atomic mass is 35.5. The summed E-state index contributed by atoms with van der Waals surface area (Å²) < 4.78 is 14.2. The molecular weight excluding hydrogens is 672 g/mol. The molecule has 1 unspecified atom stereocenters. The zero-order valence-electron chi connectivity index (χ0n) is 29.0. The van der Waals surface area contributed by atoms with E-state index >= 15 is 0 Å². The first-order chi connectivity index (χ1) is 24.5. The minimum Gasteiger partial charge on any atom is -0.481 e. The standard InChI is InChI=1S/C37H37ClN8O5/c1-19-22(24-10-7-11-25(31(24)38)42-32-30-33(41-20(2)40-32)44(3)36(49)45(4)35(30)48)8-6-9-23(19)26-14-21-12-13-27(29(21)34(43-26)50-5)46-17-37(18-46)16-39-28(47)15-51-37/h6-11,14,27H,12-13,15-18H2,1-5H3,(H,39,47)(H,40,41,42). The average Bonchev–Trinajstić information content (AvgIpc) is 3.53. The fraction of sp³-hybridized carbons (Fsp3) is 0.351. The van der Waals surface area contributed by atoms with Crippen molar-refractivity contribution in [2.75, 3.05) is 38.7 Å². The normalized spacial score (nSPS) is 18.1. The number of likely N-dealkylation sites (tertiary alicyclic amines) is 1. The number of hydrogen-bond donors (Lipinski definition) is 2. The molecule has 51 heavy (non-hydrogen) atoms. The predicted octanol–water partition coefficient (Wildman–Crippen LogP) is 3.97. The van der Waals surface area contributed by atoms with Crippen molar-refractivity contribution < 1.29 is 14.3 Å². The summed E-state index contributed by atoms with van der Waals surface area (Å²) in [5, 5.41) is 6.84. The van der Waals surface area contributed by atoms with Gasteiger partial charge in [0.1, 0.15) is 29.2 Å². The Hall–Kier alpha value is -5.11. The number of rotatable bonds is 6. The number of pyridine rings is 1. The van der Waals surface area contributed by atoms with Gasteiger partial charge in [-0.15, -0.1) is 0 Å². The van der Waals surface area contributed by atoms with Crippen LogP contribution in [-0.4, -0.2) is 73.8 Å². The predicted molar refractivity (Wildman–Crippen MR) is 194 cm³/mol. The van der Waals surface area contributed by atoms with Gasteiger partial charge in [0.15, 0.2) is 5.65 Å². The lowest BCUT2D eigenvalue weighted by molar-refractivity contribution is -0.179. The summed E-state index contributed by atoms with van der Waals surface area (Å²) in [5.74, 6) is 1.21. The molecule has 3 aromatic heterocycles. The van der Waals surface area contributed by atoms with Crippen molar-refractivity contribution in [3.63, 3.8) is 0 Å². The van der Waals surface area contributed by atoms with E-state index in [9.17, 15) is 14.4 Å². The Bertz CT molecular complexity index is 2390. The van der Waals surface area contributed by atoms with E-state index in [2.05, 4.69) is 44.6 Å². The van der Waals surface area contributed by atoms with Gasteiger partial charge in [0.05, 0.1) is 23.5 Å². The molecule has 2 saturated heterocycles. The number of methoxy groups -OCH3 is 1. The van der Waals surface area contributed by atoms with E-state index in [1.807, 2.05) is 30.3 Å². The van der Waals surface area contributed by atoms with E-state index in [0.29, 0.717) is 29.0 Å². The molecule has 1 aliphatic carbocycles. The summed E-state index contributed by atoms with van der Waals surface area (Å²) >= 11 is 7.12. The molecule has 14 heteroatoms. The second-order valence-corrected chi connectivity index (χ2v) is 14.0. The Morgan fingerprint density at radius 1 is 1.00 bits per heavy atom. The van der Waals surface area contributed by atoms with Gasteiger partial charge in [-0.2, -0.15) is 0 Å². The smallest absolute Gasteiger partial charge is 0.332 e. The van der Waals surface area contributed by atoms with Gasteiger partial charge in [0, 0.05) is 56.5 Å². The van der Waals surface area contributed by atoms with E-state index in [4.69, 9.17) is 26.1 Å². The number of carbonyl (C=O) groups excluding carboxylic acids is 1. The maximum Gasteiger partial charge on any atom is 0.332 e. The molecule has 8 rings (SSSR count). The van der Waals surface area contributed by atoms with Crippen molar-refractivity contribution in [2.45, 2.75) is 38.3 Å². The Morgan fingerprint density at radius 3 is 2.49 bits per heavy atom. The van der Waals surface area contributed by atoms with E-state index in [-0.39, 0.29) is 41.0 Å². The number of anilines is 2. The van der Waals surface area contributed by atoms with Gasteiger partial charge in [-0.3, -0.25) is 23.6 Å². The number of fused-ring (bicyclic) bond motifs is 2. The van der Waals surface area contributed by atoms with Crippen molar-refractivity contribution in [1.29, 1.82) is 0 Å². The molecule has 13 nitrogen and oxygen atoms in total. The second-order valence-electron chi connectivity index (χ2n) is 13.6. The zero-order valence-corrected chi connectivity index (χ0v) is 29.7. The Balaban J connectivity index is 1.12. The topological polar surface area (TPSA) is 146 Å². The van der Waals surface area contributed by atoms with Crippen molar-refractivity contribution in [3.8, 4) is 28.3 Å². The summed E-state index contributed by atoms with van der Waals surface area (Å²) in [4.78, 5) is 53.8. The molecule has 0 bridgehead atoms. The number of morpholine rings is 1. The van der Waals surface area contributed by atoms with Crippen LogP contribution in [-0.2, 0) is 30.0 Å². The van der Waals surface area contributed by atoms with Crippen LogP contribution < -0.4 is 26.6 Å². The van der Waals surface area contributed by atoms with Crippen molar-refractivity contribution >= 4 is 40.0 Å². The maximum absolute atomic E-state index is 13.2. The first-order valence-electron chi connectivity index (χ1n) is 16.8. The van der Waals surface area contributed by atoms with Gasteiger partial charge in [-0.1, -0.05) is 41.9 Å². The quantitative estimate of drug-likeness (QED) is 0.266. The van der Waals surface area contributed by atoms with Crippen LogP contribution in [0.4, 0.5) is 11.5 Å². The molecule has 3 aliphatic rings. The molecule has 1 amide bonds. The van der Waals surface area contributed by atoms with Crippen LogP contribution in [0.15, 0.2) is 52.1 Å². The lowest BCUT2D eigenvalue weighted by Gasteiger charge is -2.53. The van der Waals surface area contributed by atoms with Crippen LogP contribution in [0, 0.1) is 13.8 Å². The second kappa shape index (κ2) is 12.3. The molecule has 262 valence electrons. The van der Waals surface area contributed by atoms with Gasteiger partial charge in [-0.05, 0) is 55.5 Å². The zero-order chi connectivity index (χ0) is 35.8. The molecule has 0 saturated carbocycles. The van der Waals surface area contributed by atoms with Crippen molar-refractivity contribution in [1.82, 2.24) is 34.3 Å². The monoisotopic (exact) mass is 708 g/mol. The summed E-state index contributed by atoms with van der Waals surface area (Å²) in [6, 6.07) is 14.1. The summed E-state index contributed by atoms with van der Waals surface area (Å²) in [5.41, 5.74) is 6.31. The largest absolute Gasteiger partial charge is 0.481 e. The lowest BCUT2D eigenvalue weighted by atomic mass is 9.89. The van der Waals surface area contributed by atoms with Crippen molar-refractivity contribution in [3.05, 3.63) is 90.8 Å². The molecule has 2 fully saturated rings. The number of nitrogens with one attached hydrogen (secondary N) is 2. The van der Waals surface area contributed by atoms with Gasteiger partial charge in [0.25, 0.3) is 5.56 Å². The number of nitrogens with zero attached hydrogens (tertiary/aromatic N) is 6. The van der Waals surface area contributed by atoms with Crippen LogP contribution in [0.1, 0.15) is 35.0 Å². The minimum absolute atomic E-state index is 0.0658. The number of benzene rings is 2. The maximum atomic E-state index is 13.2. The van der Waals surface area contributed by atoms with Crippen molar-refractivity contribution in [2.24, 2.45) is 14.1 Å². The number of carbonyl (C=O) groups is 1. The third kappa shape index (κ3) is 5.38. The number of ether oxygens (including phenoxy) is 2. The van der Waals surface area contributed by atoms with Gasteiger partial charge >= 0.3 is 5.69 Å². The molecular formula is C37H37ClN8O5. The highest BCUT2D eigenvalue weighted by molar-refractivity contribution is 6.36. The van der Waals surface area contributed by atoms with Crippen LogP contribution in [0.3, 0.4) is 0 Å². The highest BCUT2D eigenvalue weighted by Crippen LogP contribution is 2.47. The third-order valence-corrected chi connectivity index (χ3v) is 10.8. The fourth-order valence-electron chi connectivity index (χ4n) is 7.77. The molecule has 5 aromatic rings. The summed E-state index contributed by atoms with van der Waals surface area (Å²) in [7, 11) is 4.67. The molecule has 1 atom stereocenters. The molecule has 1 spiro atoms. The van der Waals surface area contributed by atoms with Crippen LogP contribution in [0.5, 0.6) is 5.88 Å². The first kappa shape index (κ1) is 33.1. The van der Waals surface area contributed by atoms with Gasteiger partial charge in [-0.25, -0.2) is 19.7 Å². The molecule has 2 aliphatic heterocycles. The lowest BCUT2D eigenvalue weighted by Crippen LogP contribution is -2.70. The van der Waals surface area contributed by atoms with Crippen LogP contribution >= 0.6 is 11.6 Å². The Kier molecular flexibility index (Phi) is 7.96.